The molecule has 3 aromatic rings. The highest BCUT2D eigenvalue weighted by molar-refractivity contribution is 7.89. The van der Waals surface area contributed by atoms with Crippen LogP contribution in [0, 0.1) is 0 Å². The van der Waals surface area contributed by atoms with Crippen molar-refractivity contribution in [1.82, 2.24) is 9.62 Å². The Hall–Kier alpha value is -3.73. The van der Waals surface area contributed by atoms with Gasteiger partial charge in [-0.1, -0.05) is 54.6 Å². The van der Waals surface area contributed by atoms with Gasteiger partial charge in [-0.2, -0.15) is 4.31 Å². The van der Waals surface area contributed by atoms with Crippen LogP contribution in [0.25, 0.3) is 11.1 Å². The van der Waals surface area contributed by atoms with E-state index in [9.17, 15) is 23.1 Å². The molecule has 0 bridgehead atoms. The molecule has 1 fully saturated rings. The van der Waals surface area contributed by atoms with Crippen LogP contribution in [0.2, 0.25) is 0 Å². The molecule has 0 radical (unpaired) electrons. The number of aldehydes is 1. The molecule has 1 unspecified atom stereocenters. The predicted molar refractivity (Wildman–Crippen MR) is 151 cm³/mol. The highest BCUT2D eigenvalue weighted by Gasteiger charge is 2.42. The molecule has 9 nitrogen and oxygen atoms in total. The number of rotatable bonds is 12. The lowest BCUT2D eigenvalue weighted by Gasteiger charge is -2.40. The first-order valence-electron chi connectivity index (χ1n) is 13.1. The van der Waals surface area contributed by atoms with Gasteiger partial charge in [0.1, 0.15) is 12.3 Å². The van der Waals surface area contributed by atoms with Crippen molar-refractivity contribution in [2.75, 3.05) is 26.8 Å². The molecule has 0 aliphatic carbocycles. The zero-order chi connectivity index (χ0) is 28.8. The predicted octanol–water partition coefficient (Wildman–Crippen LogP) is 3.77. The van der Waals surface area contributed by atoms with Crippen LogP contribution in [0.1, 0.15) is 25.3 Å². The number of methoxy groups -OCH3 is 1. The van der Waals surface area contributed by atoms with E-state index in [-0.39, 0.29) is 30.2 Å². The Balaban J connectivity index is 1.52. The molecular weight excluding hydrogens is 532 g/mol. The molecule has 40 heavy (non-hydrogen) atoms. The summed E-state index contributed by atoms with van der Waals surface area (Å²) in [5.41, 5.74) is 1.48. The average Bonchev–Trinajstić information content (AvgIpc) is 2.98. The summed E-state index contributed by atoms with van der Waals surface area (Å²) in [7, 11) is -2.57. The fourth-order valence-electron chi connectivity index (χ4n) is 4.98. The number of piperidine rings is 1. The van der Waals surface area contributed by atoms with Gasteiger partial charge in [0.2, 0.25) is 10.0 Å². The lowest BCUT2D eigenvalue weighted by Crippen LogP contribution is -2.63. The van der Waals surface area contributed by atoms with Gasteiger partial charge in [-0.05, 0) is 55.0 Å². The van der Waals surface area contributed by atoms with Gasteiger partial charge in [-0.15, -0.1) is 0 Å². The molecule has 1 aliphatic rings. The fourth-order valence-corrected chi connectivity index (χ4v) is 6.54. The molecule has 0 amide bonds. The Bertz CT molecular complexity index is 1430. The maximum Gasteiger partial charge on any atom is 0.321 e. The molecule has 1 heterocycles. The van der Waals surface area contributed by atoms with Crippen molar-refractivity contribution in [2.45, 2.75) is 42.7 Å². The molecule has 0 saturated carbocycles. The number of hydrogen-bond donors (Lipinski definition) is 2. The SMILES string of the molecule is CCOc1ccc(S(=O)(=O)N2CCCC(C=O)(N[C@@H](Cc3ccc(-c4ccccc4)cc3)C(=O)O)C2)cc1OC. The van der Waals surface area contributed by atoms with Gasteiger partial charge in [-0.25, -0.2) is 8.42 Å². The summed E-state index contributed by atoms with van der Waals surface area (Å²) in [5, 5.41) is 13.0. The molecule has 0 aromatic heterocycles. The first-order chi connectivity index (χ1) is 19.2. The Morgan fingerprint density at radius 1 is 1.07 bits per heavy atom. The second-order valence-electron chi connectivity index (χ2n) is 9.76. The van der Waals surface area contributed by atoms with Gasteiger partial charge in [0.25, 0.3) is 0 Å². The topological polar surface area (TPSA) is 122 Å². The number of carbonyl (C=O) groups is 2. The van der Waals surface area contributed by atoms with E-state index in [0.29, 0.717) is 31.5 Å². The lowest BCUT2D eigenvalue weighted by molar-refractivity contribution is -0.140. The molecule has 212 valence electrons. The summed E-state index contributed by atoms with van der Waals surface area (Å²) in [6.07, 6.45) is 1.47. The van der Waals surface area contributed by atoms with Crippen LogP contribution < -0.4 is 14.8 Å². The van der Waals surface area contributed by atoms with Crippen LogP contribution in [0.3, 0.4) is 0 Å². The van der Waals surface area contributed by atoms with E-state index in [4.69, 9.17) is 9.47 Å². The molecule has 3 aromatic carbocycles. The minimum Gasteiger partial charge on any atom is -0.493 e. The van der Waals surface area contributed by atoms with E-state index in [0.717, 1.165) is 16.7 Å². The van der Waals surface area contributed by atoms with E-state index in [2.05, 4.69) is 5.32 Å². The van der Waals surface area contributed by atoms with Gasteiger partial charge >= 0.3 is 5.97 Å². The first kappa shape index (κ1) is 29.3. The van der Waals surface area contributed by atoms with Gasteiger partial charge in [0.05, 0.1) is 24.2 Å². The normalized spacial score (nSPS) is 18.6. The van der Waals surface area contributed by atoms with Gasteiger partial charge in [0.15, 0.2) is 11.5 Å². The van der Waals surface area contributed by atoms with E-state index in [1.807, 2.05) is 61.5 Å². The molecule has 2 N–H and O–H groups in total. The Morgan fingerprint density at radius 2 is 1.77 bits per heavy atom. The van der Waals surface area contributed by atoms with Crippen LogP contribution >= 0.6 is 0 Å². The summed E-state index contributed by atoms with van der Waals surface area (Å²) >= 11 is 0. The molecular formula is C30H34N2O7S. The summed E-state index contributed by atoms with van der Waals surface area (Å²) in [6.45, 7) is 2.22. The van der Waals surface area contributed by atoms with Crippen molar-refractivity contribution in [1.29, 1.82) is 0 Å². The smallest absolute Gasteiger partial charge is 0.321 e. The molecule has 1 saturated heterocycles. The van der Waals surface area contributed by atoms with E-state index < -0.39 is 27.6 Å². The van der Waals surface area contributed by atoms with Crippen molar-refractivity contribution in [3.8, 4) is 22.6 Å². The summed E-state index contributed by atoms with van der Waals surface area (Å²) in [6, 6.07) is 20.7. The number of nitrogens with zero attached hydrogens (tertiary/aromatic N) is 1. The molecule has 0 spiro atoms. The third kappa shape index (κ3) is 6.52. The van der Waals surface area contributed by atoms with E-state index in [1.54, 1.807) is 0 Å². The van der Waals surface area contributed by atoms with E-state index >= 15 is 0 Å². The zero-order valence-corrected chi connectivity index (χ0v) is 23.4. The molecule has 1 aliphatic heterocycles. The number of carbonyl (C=O) groups excluding carboxylic acids is 1. The van der Waals surface area contributed by atoms with Gasteiger partial charge in [-0.3, -0.25) is 10.1 Å². The standard InChI is InChI=1S/C30H34N2O7S/c1-3-39-27-15-14-25(19-28(27)38-2)40(36,37)32-17-7-16-30(20-32,21-33)31-26(29(34)35)18-22-10-12-24(13-11-22)23-8-5-4-6-9-23/h4-6,8-15,19,21,26,31H,3,7,16-18,20H2,1-2H3,(H,34,35)/t26-,30?/m0/s1. The molecule has 2 atom stereocenters. The number of ether oxygens (including phenoxy) is 2. The fraction of sp³-hybridized carbons (Fsp3) is 0.333. The van der Waals surface area contributed by atoms with Crippen LogP contribution in [0.15, 0.2) is 77.7 Å². The maximum atomic E-state index is 13.6. The third-order valence-corrected chi connectivity index (χ3v) is 8.89. The largest absolute Gasteiger partial charge is 0.493 e. The van der Waals surface area contributed by atoms with Crippen molar-refractivity contribution in [3.05, 3.63) is 78.4 Å². The van der Waals surface area contributed by atoms with Crippen LogP contribution in [0.4, 0.5) is 0 Å². The van der Waals surface area contributed by atoms with Crippen LogP contribution in [0.5, 0.6) is 11.5 Å². The lowest BCUT2D eigenvalue weighted by atomic mass is 9.89. The summed E-state index contributed by atoms with van der Waals surface area (Å²) < 4.78 is 39.1. The van der Waals surface area contributed by atoms with Crippen molar-refractivity contribution in [2.24, 2.45) is 0 Å². The average molecular weight is 567 g/mol. The van der Waals surface area contributed by atoms with Crippen LogP contribution in [-0.4, -0.2) is 68.5 Å². The second-order valence-corrected chi connectivity index (χ2v) is 11.7. The Kier molecular flexibility index (Phi) is 9.24. The molecule has 4 rings (SSSR count). The minimum absolute atomic E-state index is 0.00259. The van der Waals surface area contributed by atoms with Crippen LogP contribution in [-0.2, 0) is 26.0 Å². The number of carboxylic acid groups (broad SMARTS) is 1. The Labute approximate surface area is 234 Å². The number of nitrogens with one attached hydrogen (secondary N) is 1. The maximum absolute atomic E-state index is 13.6. The first-order valence-corrected chi connectivity index (χ1v) is 14.6. The second kappa shape index (κ2) is 12.6. The van der Waals surface area contributed by atoms with Gasteiger partial charge in [0, 0.05) is 19.2 Å². The highest BCUT2D eigenvalue weighted by atomic mass is 32.2. The molecule has 10 heteroatoms. The number of carboxylic acids is 1. The monoisotopic (exact) mass is 566 g/mol. The number of aliphatic carboxylic acids is 1. The van der Waals surface area contributed by atoms with Crippen molar-refractivity contribution < 1.29 is 32.6 Å². The Morgan fingerprint density at radius 3 is 2.40 bits per heavy atom. The van der Waals surface area contributed by atoms with Crippen molar-refractivity contribution in [3.63, 3.8) is 0 Å². The number of hydrogen-bond acceptors (Lipinski definition) is 7. The van der Waals surface area contributed by atoms with Gasteiger partial charge < -0.3 is 19.4 Å². The van der Waals surface area contributed by atoms with Crippen molar-refractivity contribution >= 4 is 22.3 Å². The summed E-state index contributed by atoms with van der Waals surface area (Å²) in [4.78, 5) is 24.7. The number of sulfonamides is 1. The minimum atomic E-state index is -4.00. The summed E-state index contributed by atoms with van der Waals surface area (Å²) in [5.74, 6) is -0.416. The zero-order valence-electron chi connectivity index (χ0n) is 22.6. The van der Waals surface area contributed by atoms with E-state index in [1.165, 1.54) is 29.6 Å². The number of benzene rings is 3. The third-order valence-electron chi connectivity index (χ3n) is 7.05. The quantitative estimate of drug-likeness (QED) is 0.318. The highest BCUT2D eigenvalue weighted by Crippen LogP contribution is 2.33.